The van der Waals surface area contributed by atoms with Crippen molar-refractivity contribution in [2.75, 3.05) is 0 Å². The van der Waals surface area contributed by atoms with Crippen LogP contribution in [0.2, 0.25) is 0 Å². The summed E-state index contributed by atoms with van der Waals surface area (Å²) in [5.74, 6) is 6.06. The number of carbonyl (C=O) groups excluding carboxylic acids is 1. The Morgan fingerprint density at radius 2 is 1.61 bits per heavy atom. The van der Waals surface area contributed by atoms with Crippen molar-refractivity contribution in [2.45, 2.75) is 117 Å². The molecule has 5 rings (SSSR count). The quantitative estimate of drug-likeness (QED) is 0.348. The highest BCUT2D eigenvalue weighted by molar-refractivity contribution is 6.61. The summed E-state index contributed by atoms with van der Waals surface area (Å²) in [6.45, 7) is 14.8. The number of alkyl halides is 2. The second-order valence-electron chi connectivity index (χ2n) is 14.5. The van der Waals surface area contributed by atoms with Gasteiger partial charge in [-0.05, 0) is 104 Å². The molecule has 1 nitrogen and oxygen atoms in total. The van der Waals surface area contributed by atoms with E-state index in [2.05, 4.69) is 41.5 Å². The third-order valence-electron chi connectivity index (χ3n) is 12.6. The van der Waals surface area contributed by atoms with Crippen LogP contribution < -0.4 is 0 Å². The van der Waals surface area contributed by atoms with Crippen LogP contribution in [-0.2, 0) is 4.79 Å². The van der Waals surface area contributed by atoms with Gasteiger partial charge < -0.3 is 0 Å². The van der Waals surface area contributed by atoms with Crippen molar-refractivity contribution in [1.82, 2.24) is 0 Å². The molecule has 0 heterocycles. The minimum absolute atomic E-state index is 0.0959. The molecule has 0 aromatic heterocycles. The SMILES string of the molecule is CC(C)CCC[C@@H](C)[C@H]1CCC2[C@@H]3CC[C@@H]4C[C@@H]5C(=O)C(Cl)(Cl)[C@]5(C)C[C@]4(C)[C@H]3CC[C@@]21C. The van der Waals surface area contributed by atoms with Gasteiger partial charge in [-0.1, -0.05) is 84.0 Å². The number of hydrogen-bond acceptors (Lipinski definition) is 1. The smallest absolute Gasteiger partial charge is 0.182 e. The molecule has 5 saturated carbocycles. The zero-order chi connectivity index (χ0) is 24.0. The van der Waals surface area contributed by atoms with E-state index >= 15 is 0 Å². The van der Waals surface area contributed by atoms with Gasteiger partial charge in [0.1, 0.15) is 0 Å². The molecule has 3 heteroatoms. The molecule has 0 bridgehead atoms. The van der Waals surface area contributed by atoms with Gasteiger partial charge in [-0.15, -0.1) is 0 Å². The lowest BCUT2D eigenvalue weighted by Crippen LogP contribution is -2.70. The summed E-state index contributed by atoms with van der Waals surface area (Å²) in [6, 6.07) is 0. The Morgan fingerprint density at radius 1 is 0.909 bits per heavy atom. The molecule has 10 atom stereocenters. The second kappa shape index (κ2) is 8.13. The van der Waals surface area contributed by atoms with Gasteiger partial charge in [0.15, 0.2) is 10.1 Å². The van der Waals surface area contributed by atoms with E-state index in [0.29, 0.717) is 16.7 Å². The molecular weight excluding hydrogens is 447 g/mol. The van der Waals surface area contributed by atoms with E-state index in [1.165, 1.54) is 57.8 Å². The summed E-state index contributed by atoms with van der Waals surface area (Å²) in [5, 5.41) is 0. The predicted molar refractivity (Wildman–Crippen MR) is 139 cm³/mol. The zero-order valence-electron chi connectivity index (χ0n) is 22.1. The van der Waals surface area contributed by atoms with Crippen LogP contribution in [0.5, 0.6) is 0 Å². The highest BCUT2D eigenvalue weighted by Crippen LogP contribution is 2.75. The lowest BCUT2D eigenvalue weighted by molar-refractivity contribution is -0.185. The van der Waals surface area contributed by atoms with Crippen molar-refractivity contribution in [3.8, 4) is 0 Å². The Hall–Kier alpha value is 0.250. The number of Topliss-reactive ketones (excluding diaryl/α,β-unsaturated/α-hetero) is 1. The summed E-state index contributed by atoms with van der Waals surface area (Å²) in [7, 11) is 0. The van der Waals surface area contributed by atoms with Crippen LogP contribution in [0.25, 0.3) is 0 Å². The minimum Gasteiger partial charge on any atom is -0.296 e. The summed E-state index contributed by atoms with van der Waals surface area (Å²) >= 11 is 13.4. The fourth-order valence-electron chi connectivity index (χ4n) is 10.8. The largest absolute Gasteiger partial charge is 0.296 e. The molecule has 0 radical (unpaired) electrons. The van der Waals surface area contributed by atoms with Crippen LogP contribution in [0, 0.1) is 63.6 Å². The van der Waals surface area contributed by atoms with Crippen molar-refractivity contribution in [3.05, 3.63) is 0 Å². The molecule has 0 aromatic rings. The predicted octanol–water partition coefficient (Wildman–Crippen LogP) is 9.10. The number of ketones is 1. The third kappa shape index (κ3) is 3.39. The summed E-state index contributed by atoms with van der Waals surface area (Å²) in [6.07, 6.45) is 14.7. The van der Waals surface area contributed by atoms with E-state index in [-0.39, 0.29) is 17.1 Å². The number of hydrogen-bond donors (Lipinski definition) is 0. The molecule has 5 aliphatic rings. The number of fused-ring (bicyclic) bond motifs is 6. The van der Waals surface area contributed by atoms with Crippen LogP contribution in [0.3, 0.4) is 0 Å². The number of halogens is 2. The molecule has 0 aromatic carbocycles. The van der Waals surface area contributed by atoms with Crippen LogP contribution >= 0.6 is 23.2 Å². The van der Waals surface area contributed by atoms with Gasteiger partial charge in [-0.2, -0.15) is 0 Å². The minimum atomic E-state index is -1.16. The molecule has 0 N–H and O–H groups in total. The van der Waals surface area contributed by atoms with Crippen molar-refractivity contribution in [2.24, 2.45) is 63.6 Å². The first-order valence-electron chi connectivity index (χ1n) is 14.3. The lowest BCUT2D eigenvalue weighted by Gasteiger charge is -2.68. The monoisotopic (exact) mass is 494 g/mol. The molecule has 0 spiro atoms. The lowest BCUT2D eigenvalue weighted by atomic mass is 9.37. The normalized spacial score (nSPS) is 51.2. The summed E-state index contributed by atoms with van der Waals surface area (Å²) in [5.41, 5.74) is 0.605. The maximum atomic E-state index is 12.7. The molecule has 33 heavy (non-hydrogen) atoms. The van der Waals surface area contributed by atoms with E-state index < -0.39 is 4.33 Å². The van der Waals surface area contributed by atoms with E-state index in [1.807, 2.05) is 0 Å². The van der Waals surface area contributed by atoms with Gasteiger partial charge in [0.05, 0.1) is 0 Å². The molecule has 0 saturated heterocycles. The van der Waals surface area contributed by atoms with Gasteiger partial charge in [0, 0.05) is 11.3 Å². The Kier molecular flexibility index (Phi) is 6.14. The van der Waals surface area contributed by atoms with E-state index in [9.17, 15) is 4.79 Å². The Balaban J connectivity index is 1.34. The molecule has 1 unspecified atom stereocenters. The van der Waals surface area contributed by atoms with E-state index in [1.54, 1.807) is 0 Å². The standard InChI is InChI=1S/C30H48Cl2O/c1-18(2)8-7-9-19(3)22-12-13-23-21-11-10-20-16-25-26(33)30(31,32)29(25,6)17-28(20,5)24(21)14-15-27(22,23)4/h18-25H,7-17H2,1-6H3/t19-,20-,21+,22-,23?,24+,25-,27-,28+,29-/m1/s1. The molecular formula is C30H48Cl2O. The fourth-order valence-corrected chi connectivity index (χ4v) is 11.5. The van der Waals surface area contributed by atoms with Crippen molar-refractivity contribution < 1.29 is 4.79 Å². The first-order valence-corrected chi connectivity index (χ1v) is 15.0. The zero-order valence-corrected chi connectivity index (χ0v) is 23.6. The van der Waals surface area contributed by atoms with Crippen molar-refractivity contribution in [1.29, 1.82) is 0 Å². The van der Waals surface area contributed by atoms with Gasteiger partial charge in [0.2, 0.25) is 0 Å². The Labute approximate surface area is 213 Å². The third-order valence-corrected chi connectivity index (χ3v) is 13.9. The van der Waals surface area contributed by atoms with Gasteiger partial charge in [0.25, 0.3) is 0 Å². The molecule has 5 fully saturated rings. The fraction of sp³-hybridized carbons (Fsp3) is 0.967. The average Bonchev–Trinajstić information content (AvgIpc) is 3.09. The summed E-state index contributed by atoms with van der Waals surface area (Å²) in [4.78, 5) is 12.7. The van der Waals surface area contributed by atoms with Crippen molar-refractivity contribution in [3.63, 3.8) is 0 Å². The highest BCUT2D eigenvalue weighted by atomic mass is 35.5. The van der Waals surface area contributed by atoms with Crippen LogP contribution in [0.15, 0.2) is 0 Å². The second-order valence-corrected chi connectivity index (χ2v) is 15.8. The maximum Gasteiger partial charge on any atom is 0.182 e. The molecule has 0 aliphatic heterocycles. The van der Waals surface area contributed by atoms with Gasteiger partial charge in [-0.3, -0.25) is 4.79 Å². The van der Waals surface area contributed by atoms with E-state index in [4.69, 9.17) is 23.2 Å². The topological polar surface area (TPSA) is 17.1 Å². The van der Waals surface area contributed by atoms with E-state index in [0.717, 1.165) is 48.3 Å². The Bertz CT molecular complexity index is 790. The number of rotatable bonds is 5. The number of carbonyl (C=O) groups is 1. The maximum absolute atomic E-state index is 12.7. The Morgan fingerprint density at radius 3 is 2.30 bits per heavy atom. The molecule has 5 aliphatic carbocycles. The van der Waals surface area contributed by atoms with Gasteiger partial charge >= 0.3 is 0 Å². The molecule has 0 amide bonds. The first kappa shape index (κ1) is 24.9. The highest BCUT2D eigenvalue weighted by Gasteiger charge is 2.74. The first-order chi connectivity index (χ1) is 15.4. The van der Waals surface area contributed by atoms with Crippen LogP contribution in [-0.4, -0.2) is 10.1 Å². The summed E-state index contributed by atoms with van der Waals surface area (Å²) < 4.78 is -1.16. The van der Waals surface area contributed by atoms with Crippen LogP contribution in [0.4, 0.5) is 0 Å². The van der Waals surface area contributed by atoms with Crippen molar-refractivity contribution >= 4 is 29.0 Å². The van der Waals surface area contributed by atoms with Crippen LogP contribution in [0.1, 0.15) is 112 Å². The average molecular weight is 496 g/mol. The molecule has 188 valence electrons. The van der Waals surface area contributed by atoms with Gasteiger partial charge in [-0.25, -0.2) is 0 Å².